The second kappa shape index (κ2) is 11.9. The average molecular weight is 553 g/mol. The summed E-state index contributed by atoms with van der Waals surface area (Å²) in [6.45, 7) is 2.38. The molecule has 1 heterocycles. The molecule has 5 aromatic rings. The van der Waals surface area contributed by atoms with E-state index in [2.05, 4.69) is 0 Å². The first-order valence-electron chi connectivity index (χ1n) is 12.6. The molecule has 6 nitrogen and oxygen atoms in total. The SMILES string of the molecule is CCOc1ccc2oc(-c3ccccc3)c(C(=O)Oc3ccc(C=CC(=O)c4ccc(Cl)cc4)cc3OC)c2c1. The van der Waals surface area contributed by atoms with Crippen molar-refractivity contribution < 1.29 is 28.2 Å². The topological polar surface area (TPSA) is 75.0 Å². The van der Waals surface area contributed by atoms with Crippen molar-refractivity contribution in [2.75, 3.05) is 13.7 Å². The minimum atomic E-state index is -0.606. The molecule has 0 radical (unpaired) electrons. The molecule has 0 aliphatic carbocycles. The zero-order valence-electron chi connectivity index (χ0n) is 21.8. The first kappa shape index (κ1) is 26.8. The third-order valence-corrected chi connectivity index (χ3v) is 6.41. The lowest BCUT2D eigenvalue weighted by molar-refractivity contribution is 0.0731. The minimum absolute atomic E-state index is 0.169. The van der Waals surface area contributed by atoms with Crippen LogP contribution in [0.4, 0.5) is 0 Å². The Kier molecular flexibility index (Phi) is 7.99. The molecule has 0 saturated carbocycles. The zero-order valence-corrected chi connectivity index (χ0v) is 22.6. The van der Waals surface area contributed by atoms with Gasteiger partial charge in [-0.1, -0.05) is 54.1 Å². The van der Waals surface area contributed by atoms with Gasteiger partial charge in [0.25, 0.3) is 0 Å². The molecule has 0 fully saturated rings. The Hall–Kier alpha value is -4.81. The number of benzene rings is 4. The van der Waals surface area contributed by atoms with Gasteiger partial charge in [0, 0.05) is 21.5 Å². The van der Waals surface area contributed by atoms with Crippen molar-refractivity contribution in [2.24, 2.45) is 0 Å². The number of carbonyl (C=O) groups is 2. The predicted molar refractivity (Wildman–Crippen MR) is 156 cm³/mol. The number of ketones is 1. The number of ether oxygens (including phenoxy) is 3. The molecule has 5 rings (SSSR count). The third-order valence-electron chi connectivity index (χ3n) is 6.16. The number of methoxy groups -OCH3 is 1. The summed E-state index contributed by atoms with van der Waals surface area (Å²) in [4.78, 5) is 26.2. The van der Waals surface area contributed by atoms with Gasteiger partial charge in [-0.15, -0.1) is 0 Å². The fraction of sp³-hybridized carbons (Fsp3) is 0.0909. The maximum Gasteiger partial charge on any atom is 0.348 e. The largest absolute Gasteiger partial charge is 0.494 e. The van der Waals surface area contributed by atoms with E-state index >= 15 is 0 Å². The molecule has 0 spiro atoms. The van der Waals surface area contributed by atoms with E-state index in [4.69, 9.17) is 30.2 Å². The third kappa shape index (κ3) is 5.77. The van der Waals surface area contributed by atoms with Crippen LogP contribution < -0.4 is 14.2 Å². The van der Waals surface area contributed by atoms with Crippen LogP contribution in [0.15, 0.2) is 101 Å². The van der Waals surface area contributed by atoms with Crippen molar-refractivity contribution in [3.63, 3.8) is 0 Å². The van der Waals surface area contributed by atoms with Gasteiger partial charge in [-0.3, -0.25) is 4.79 Å². The summed E-state index contributed by atoms with van der Waals surface area (Å²) in [5.74, 6) is 0.796. The Morgan fingerprint density at radius 1 is 0.900 bits per heavy atom. The van der Waals surface area contributed by atoms with Crippen molar-refractivity contribution >= 4 is 40.4 Å². The molecule has 4 aromatic carbocycles. The van der Waals surface area contributed by atoms with Crippen molar-refractivity contribution in [3.05, 3.63) is 119 Å². The average Bonchev–Trinajstić information content (AvgIpc) is 3.36. The fourth-order valence-corrected chi connectivity index (χ4v) is 4.36. The van der Waals surface area contributed by atoms with E-state index in [1.807, 2.05) is 37.3 Å². The summed E-state index contributed by atoms with van der Waals surface area (Å²) < 4.78 is 23.1. The van der Waals surface area contributed by atoms with E-state index in [1.165, 1.54) is 13.2 Å². The molecule has 0 N–H and O–H groups in total. The maximum absolute atomic E-state index is 13.7. The van der Waals surface area contributed by atoms with Crippen molar-refractivity contribution in [3.8, 4) is 28.6 Å². The number of rotatable bonds is 9. The van der Waals surface area contributed by atoms with Crippen LogP contribution in [-0.2, 0) is 0 Å². The number of fused-ring (bicyclic) bond motifs is 1. The van der Waals surface area contributed by atoms with Crippen LogP contribution in [0.1, 0.15) is 33.2 Å². The van der Waals surface area contributed by atoms with Crippen LogP contribution in [0.3, 0.4) is 0 Å². The Balaban J connectivity index is 1.45. The molecule has 0 aliphatic rings. The summed E-state index contributed by atoms with van der Waals surface area (Å²) in [6.07, 6.45) is 3.13. The minimum Gasteiger partial charge on any atom is -0.494 e. The van der Waals surface area contributed by atoms with Gasteiger partial charge in [0.1, 0.15) is 22.7 Å². The highest BCUT2D eigenvalue weighted by atomic mass is 35.5. The van der Waals surface area contributed by atoms with Gasteiger partial charge in [0.2, 0.25) is 0 Å². The lowest BCUT2D eigenvalue weighted by Gasteiger charge is -2.11. The quantitative estimate of drug-likeness (QED) is 0.0792. The van der Waals surface area contributed by atoms with Gasteiger partial charge in [0.15, 0.2) is 17.3 Å². The summed E-state index contributed by atoms with van der Waals surface area (Å²) in [5, 5.41) is 1.14. The lowest BCUT2D eigenvalue weighted by Crippen LogP contribution is -2.10. The Labute approximate surface area is 236 Å². The number of hydrogen-bond acceptors (Lipinski definition) is 6. The van der Waals surface area contributed by atoms with E-state index in [1.54, 1.807) is 66.7 Å². The van der Waals surface area contributed by atoms with Gasteiger partial charge in [0.05, 0.1) is 13.7 Å². The second-order valence-electron chi connectivity index (χ2n) is 8.77. The lowest BCUT2D eigenvalue weighted by atomic mass is 10.1. The van der Waals surface area contributed by atoms with Crippen LogP contribution in [0.25, 0.3) is 28.4 Å². The highest BCUT2D eigenvalue weighted by molar-refractivity contribution is 6.30. The number of hydrogen-bond donors (Lipinski definition) is 0. The normalized spacial score (nSPS) is 11.1. The van der Waals surface area contributed by atoms with E-state index in [0.717, 1.165) is 5.56 Å². The highest BCUT2D eigenvalue weighted by Crippen LogP contribution is 2.37. The number of carbonyl (C=O) groups excluding carboxylic acids is 2. The smallest absolute Gasteiger partial charge is 0.348 e. The second-order valence-corrected chi connectivity index (χ2v) is 9.20. The number of halogens is 1. The molecule has 0 atom stereocenters. The number of furan rings is 1. The van der Waals surface area contributed by atoms with Crippen LogP contribution >= 0.6 is 11.6 Å². The monoisotopic (exact) mass is 552 g/mol. The fourth-order valence-electron chi connectivity index (χ4n) is 4.23. The molecule has 1 aromatic heterocycles. The Morgan fingerprint density at radius 2 is 1.68 bits per heavy atom. The molecule has 40 heavy (non-hydrogen) atoms. The molecule has 0 bridgehead atoms. The molecule has 0 amide bonds. The number of esters is 1. The molecule has 200 valence electrons. The molecule has 7 heteroatoms. The maximum atomic E-state index is 13.7. The van der Waals surface area contributed by atoms with Crippen LogP contribution in [-0.4, -0.2) is 25.5 Å². The molecular weight excluding hydrogens is 528 g/mol. The Bertz CT molecular complexity index is 1700. The van der Waals surface area contributed by atoms with Crippen LogP contribution in [0.5, 0.6) is 17.2 Å². The van der Waals surface area contributed by atoms with E-state index in [9.17, 15) is 9.59 Å². The van der Waals surface area contributed by atoms with E-state index in [0.29, 0.717) is 51.0 Å². The van der Waals surface area contributed by atoms with E-state index < -0.39 is 5.97 Å². The molecular formula is C33H25ClO6. The zero-order chi connectivity index (χ0) is 28.1. The van der Waals surface area contributed by atoms with Crippen LogP contribution in [0, 0.1) is 0 Å². The van der Waals surface area contributed by atoms with Crippen LogP contribution in [0.2, 0.25) is 5.02 Å². The Morgan fingerprint density at radius 3 is 2.40 bits per heavy atom. The standard InChI is InChI=1S/C33H25ClO6/c1-3-38-25-15-18-28-26(20-25)31(32(39-28)23-7-5-4-6-8-23)33(36)40-29-17-10-21(19-30(29)37-2)9-16-27(35)22-11-13-24(34)14-12-22/h4-20H,3H2,1-2H3. The van der Waals surface area contributed by atoms with Gasteiger partial charge in [-0.25, -0.2) is 4.79 Å². The summed E-state index contributed by atoms with van der Waals surface area (Å²) in [5.41, 5.74) is 2.77. The van der Waals surface area contributed by atoms with E-state index in [-0.39, 0.29) is 17.1 Å². The first-order chi connectivity index (χ1) is 19.5. The van der Waals surface area contributed by atoms with Gasteiger partial charge in [-0.05, 0) is 73.2 Å². The summed E-state index contributed by atoms with van der Waals surface area (Å²) in [6, 6.07) is 26.4. The first-order valence-corrected chi connectivity index (χ1v) is 13.0. The van der Waals surface area contributed by atoms with Gasteiger partial charge in [-0.2, -0.15) is 0 Å². The van der Waals surface area contributed by atoms with Crippen molar-refractivity contribution in [1.29, 1.82) is 0 Å². The molecule has 0 saturated heterocycles. The van der Waals surface area contributed by atoms with Gasteiger partial charge >= 0.3 is 5.97 Å². The van der Waals surface area contributed by atoms with Gasteiger partial charge < -0.3 is 18.6 Å². The van der Waals surface area contributed by atoms with Crippen molar-refractivity contribution in [2.45, 2.75) is 6.92 Å². The molecule has 0 aliphatic heterocycles. The molecule has 0 unspecified atom stereocenters. The van der Waals surface area contributed by atoms with Crippen molar-refractivity contribution in [1.82, 2.24) is 0 Å². The summed E-state index contributed by atoms with van der Waals surface area (Å²) >= 11 is 5.90. The highest BCUT2D eigenvalue weighted by Gasteiger charge is 2.25. The predicted octanol–water partition coefficient (Wildman–Crippen LogP) is 8.28. The number of allylic oxidation sites excluding steroid dienone is 1. The summed E-state index contributed by atoms with van der Waals surface area (Å²) in [7, 11) is 1.48.